The average Bonchev–Trinajstić information content (AvgIpc) is 2.33. The third-order valence-electron chi connectivity index (χ3n) is 2.26. The van der Waals surface area contributed by atoms with Gasteiger partial charge in [0.05, 0.1) is 32.3 Å². The van der Waals surface area contributed by atoms with E-state index >= 15 is 0 Å². The lowest BCUT2D eigenvalue weighted by Gasteiger charge is -2.16. The van der Waals surface area contributed by atoms with Crippen LogP contribution >= 0.6 is 47.8 Å². The number of halogens is 3. The molecule has 0 aliphatic carbocycles. The molecule has 1 aromatic carbocycles. The highest BCUT2D eigenvalue weighted by Crippen LogP contribution is 2.41. The van der Waals surface area contributed by atoms with Gasteiger partial charge in [-0.2, -0.15) is 0 Å². The Balaban J connectivity index is 3.71. The zero-order valence-electron chi connectivity index (χ0n) is 9.80. The van der Waals surface area contributed by atoms with Crippen molar-refractivity contribution in [3.05, 3.63) is 24.5 Å². The van der Waals surface area contributed by atoms with Crippen molar-refractivity contribution in [2.24, 2.45) is 17.2 Å². The van der Waals surface area contributed by atoms with Crippen molar-refractivity contribution in [3.63, 3.8) is 0 Å². The number of benzene rings is 1. The molecule has 0 radical (unpaired) electrons. The summed E-state index contributed by atoms with van der Waals surface area (Å²) in [7, 11) is 0. The van der Waals surface area contributed by atoms with E-state index in [-0.39, 0.29) is 36.8 Å². The van der Waals surface area contributed by atoms with Gasteiger partial charge in [0, 0.05) is 4.47 Å². The summed E-state index contributed by atoms with van der Waals surface area (Å²) >= 11 is 9.41. The van der Waals surface area contributed by atoms with E-state index in [4.69, 9.17) is 17.2 Å². The number of carbonyl (C=O) groups is 3. The number of hydrogen-bond donors (Lipinski definition) is 4. The summed E-state index contributed by atoms with van der Waals surface area (Å²) in [5.41, 5.74) is 15.8. The highest BCUT2D eigenvalue weighted by Gasteiger charge is 2.26. The second kappa shape index (κ2) is 6.66. The van der Waals surface area contributed by atoms with E-state index in [1.54, 1.807) is 0 Å². The Labute approximate surface area is 139 Å². The number of primary amides is 2. The van der Waals surface area contributed by atoms with Crippen molar-refractivity contribution in [2.75, 3.05) is 11.9 Å². The number of anilines is 1. The molecule has 3 amide bonds. The van der Waals surface area contributed by atoms with E-state index in [2.05, 4.69) is 53.1 Å². The van der Waals surface area contributed by atoms with Gasteiger partial charge in [0.25, 0.3) is 11.8 Å². The zero-order valence-corrected chi connectivity index (χ0v) is 14.6. The Hall–Kier alpha value is -0.970. The molecule has 0 aliphatic rings. The fourth-order valence-corrected chi connectivity index (χ4v) is 4.36. The van der Waals surface area contributed by atoms with Gasteiger partial charge in [-0.1, -0.05) is 0 Å². The Morgan fingerprint density at radius 1 is 0.900 bits per heavy atom. The third kappa shape index (κ3) is 3.19. The molecule has 0 heterocycles. The molecule has 0 aliphatic heterocycles. The summed E-state index contributed by atoms with van der Waals surface area (Å²) in [4.78, 5) is 34.4. The molecule has 0 spiro atoms. The number of amides is 3. The van der Waals surface area contributed by atoms with E-state index in [0.717, 1.165) is 0 Å². The Morgan fingerprint density at radius 2 is 1.30 bits per heavy atom. The highest BCUT2D eigenvalue weighted by molar-refractivity contribution is 9.11. The normalized spacial score (nSPS) is 10.2. The minimum atomic E-state index is -0.804. The van der Waals surface area contributed by atoms with Crippen molar-refractivity contribution < 1.29 is 14.4 Å². The molecular formula is C10H9Br3N4O3. The van der Waals surface area contributed by atoms with Crippen molar-refractivity contribution in [1.29, 1.82) is 0 Å². The molecule has 0 aromatic heterocycles. The van der Waals surface area contributed by atoms with Crippen molar-refractivity contribution in [2.45, 2.75) is 0 Å². The molecular weight excluding hydrogens is 464 g/mol. The molecule has 0 bridgehead atoms. The van der Waals surface area contributed by atoms with Gasteiger partial charge in [-0.15, -0.1) is 0 Å². The van der Waals surface area contributed by atoms with Gasteiger partial charge in [0.15, 0.2) is 0 Å². The van der Waals surface area contributed by atoms with E-state index in [1.165, 1.54) is 0 Å². The Bertz CT molecular complexity index is 577. The first-order valence-electron chi connectivity index (χ1n) is 5.02. The third-order valence-corrected chi connectivity index (χ3v) is 4.64. The first kappa shape index (κ1) is 17.1. The molecule has 20 heavy (non-hydrogen) atoms. The monoisotopic (exact) mass is 470 g/mol. The van der Waals surface area contributed by atoms with Crippen LogP contribution < -0.4 is 22.5 Å². The van der Waals surface area contributed by atoms with Crippen LogP contribution in [-0.2, 0) is 4.79 Å². The highest BCUT2D eigenvalue weighted by atomic mass is 79.9. The van der Waals surface area contributed by atoms with Gasteiger partial charge >= 0.3 is 0 Å². The van der Waals surface area contributed by atoms with E-state index < -0.39 is 17.7 Å². The molecule has 0 saturated carbocycles. The number of rotatable bonds is 4. The molecule has 1 aromatic rings. The molecule has 0 fully saturated rings. The van der Waals surface area contributed by atoms with Crippen LogP contribution in [-0.4, -0.2) is 24.3 Å². The summed E-state index contributed by atoms with van der Waals surface area (Å²) in [6.07, 6.45) is 0. The lowest BCUT2D eigenvalue weighted by molar-refractivity contribution is -0.114. The van der Waals surface area contributed by atoms with Gasteiger partial charge < -0.3 is 22.5 Å². The van der Waals surface area contributed by atoms with Gasteiger partial charge in [-0.25, -0.2) is 0 Å². The van der Waals surface area contributed by atoms with E-state index in [0.29, 0.717) is 0 Å². The maximum atomic E-state index is 11.5. The standard InChI is InChI=1S/C10H9Br3N4O3/c11-5-3(9(15)19)6(12)8(17-2(18)1-14)7(13)4(5)10(16)20/h1,14H2,(H2,15,19)(H2,16,20)(H,17,18). The predicted molar refractivity (Wildman–Crippen MR) is 84.3 cm³/mol. The number of nitrogens with two attached hydrogens (primary N) is 3. The minimum Gasteiger partial charge on any atom is -0.366 e. The fourth-order valence-electron chi connectivity index (χ4n) is 1.40. The Morgan fingerprint density at radius 3 is 1.60 bits per heavy atom. The van der Waals surface area contributed by atoms with Gasteiger partial charge in [-0.05, 0) is 47.8 Å². The molecule has 0 unspecified atom stereocenters. The van der Waals surface area contributed by atoms with Gasteiger partial charge in [-0.3, -0.25) is 14.4 Å². The van der Waals surface area contributed by atoms with Crippen LogP contribution in [0.15, 0.2) is 13.4 Å². The molecule has 0 atom stereocenters. The van der Waals surface area contributed by atoms with Crippen LogP contribution in [0, 0.1) is 0 Å². The summed E-state index contributed by atoms with van der Waals surface area (Å²) in [6.45, 7) is -0.271. The van der Waals surface area contributed by atoms with Gasteiger partial charge in [0.2, 0.25) is 5.91 Å². The lowest BCUT2D eigenvalue weighted by Crippen LogP contribution is -2.25. The predicted octanol–water partition coefficient (Wildman–Crippen LogP) is 1.07. The Kier molecular flexibility index (Phi) is 5.68. The van der Waals surface area contributed by atoms with Crippen LogP contribution in [0.25, 0.3) is 0 Å². The van der Waals surface area contributed by atoms with E-state index in [9.17, 15) is 14.4 Å². The fraction of sp³-hybridized carbons (Fsp3) is 0.100. The van der Waals surface area contributed by atoms with Crippen LogP contribution in [0.2, 0.25) is 0 Å². The number of hydrogen-bond acceptors (Lipinski definition) is 4. The maximum absolute atomic E-state index is 11.5. The van der Waals surface area contributed by atoms with Crippen molar-refractivity contribution >= 4 is 71.2 Å². The molecule has 0 saturated heterocycles. The number of nitrogens with one attached hydrogen (secondary N) is 1. The topological polar surface area (TPSA) is 141 Å². The molecule has 108 valence electrons. The average molecular weight is 473 g/mol. The minimum absolute atomic E-state index is 0.0191. The molecule has 1 rings (SSSR count). The molecule has 7 N–H and O–H groups in total. The molecule has 7 nitrogen and oxygen atoms in total. The second-order valence-electron chi connectivity index (χ2n) is 3.55. The summed E-state index contributed by atoms with van der Waals surface area (Å²) in [6, 6.07) is 0. The van der Waals surface area contributed by atoms with Gasteiger partial charge in [0.1, 0.15) is 0 Å². The van der Waals surface area contributed by atoms with Crippen molar-refractivity contribution in [3.8, 4) is 0 Å². The largest absolute Gasteiger partial charge is 0.366 e. The second-order valence-corrected chi connectivity index (χ2v) is 5.93. The number of carbonyl (C=O) groups excluding carboxylic acids is 3. The maximum Gasteiger partial charge on any atom is 0.251 e. The summed E-state index contributed by atoms with van der Waals surface area (Å²) in [5.74, 6) is -2.12. The zero-order chi connectivity index (χ0) is 15.6. The molecule has 10 heteroatoms. The summed E-state index contributed by atoms with van der Waals surface area (Å²) < 4.78 is 0.535. The summed E-state index contributed by atoms with van der Waals surface area (Å²) in [5, 5.41) is 2.45. The van der Waals surface area contributed by atoms with Crippen LogP contribution in [0.5, 0.6) is 0 Å². The first-order chi connectivity index (χ1) is 9.22. The van der Waals surface area contributed by atoms with Crippen molar-refractivity contribution in [1.82, 2.24) is 0 Å². The quantitative estimate of drug-likeness (QED) is 0.520. The smallest absolute Gasteiger partial charge is 0.251 e. The van der Waals surface area contributed by atoms with Crippen LogP contribution in [0.3, 0.4) is 0 Å². The first-order valence-corrected chi connectivity index (χ1v) is 7.40. The SMILES string of the molecule is NCC(=O)Nc1c(Br)c(C(N)=O)c(Br)c(C(N)=O)c1Br. The van der Waals surface area contributed by atoms with E-state index in [1.807, 2.05) is 0 Å². The lowest BCUT2D eigenvalue weighted by atomic mass is 10.1. The van der Waals surface area contributed by atoms with Crippen LogP contribution in [0.4, 0.5) is 5.69 Å². The van der Waals surface area contributed by atoms with Crippen LogP contribution in [0.1, 0.15) is 20.7 Å².